The van der Waals surface area contributed by atoms with E-state index in [0.29, 0.717) is 17.9 Å². The minimum Gasteiger partial charge on any atom is -0.492 e. The van der Waals surface area contributed by atoms with Crippen LogP contribution in [0.3, 0.4) is 0 Å². The van der Waals surface area contributed by atoms with Crippen LogP contribution in [-0.2, 0) is 5.41 Å². The molecule has 2 unspecified atom stereocenters. The maximum Gasteiger partial charge on any atom is 0.269 e. The molecule has 1 spiro atoms. The van der Waals surface area contributed by atoms with Gasteiger partial charge in [-0.1, -0.05) is 26.0 Å². The Morgan fingerprint density at radius 2 is 2.02 bits per heavy atom. The van der Waals surface area contributed by atoms with Crippen LogP contribution in [0, 0.1) is 6.92 Å². The summed E-state index contributed by atoms with van der Waals surface area (Å²) in [7, 11) is 0. The number of benzene rings is 1. The Morgan fingerprint density at radius 3 is 2.80 bits per heavy atom. The number of amides is 2. The molecule has 0 aliphatic carbocycles. The predicted octanol–water partition coefficient (Wildman–Crippen LogP) is -0.665. The Kier molecular flexibility index (Phi) is 6.29. The van der Waals surface area contributed by atoms with Gasteiger partial charge in [0.25, 0.3) is 11.8 Å². The number of hydrogen-bond acceptors (Lipinski definition) is 11. The summed E-state index contributed by atoms with van der Waals surface area (Å²) in [6.45, 7) is 6.90. The maximum atomic E-state index is 13.6. The minimum absolute atomic E-state index is 0.0842. The average Bonchev–Trinajstić information content (AvgIpc) is 3.43. The third kappa shape index (κ3) is 4.31. The van der Waals surface area contributed by atoms with E-state index in [4.69, 9.17) is 16.2 Å². The van der Waals surface area contributed by atoms with Crippen LogP contribution in [0.2, 0.25) is 0 Å². The molecule has 0 bridgehead atoms. The Labute approximate surface area is 237 Å². The zero-order valence-corrected chi connectivity index (χ0v) is 23.2. The second-order valence-corrected chi connectivity index (χ2v) is 11.7. The number of guanidine groups is 2. The summed E-state index contributed by atoms with van der Waals surface area (Å²) in [6.07, 6.45) is 1.25. The summed E-state index contributed by atoms with van der Waals surface area (Å²) in [5.41, 5.74) is 13.7. The van der Waals surface area contributed by atoms with Crippen molar-refractivity contribution in [1.29, 1.82) is 0 Å². The highest BCUT2D eigenvalue weighted by atomic mass is 16.5. The van der Waals surface area contributed by atoms with E-state index >= 15 is 0 Å². The highest BCUT2D eigenvalue weighted by Crippen LogP contribution is 2.42. The fourth-order valence-electron chi connectivity index (χ4n) is 6.35. The van der Waals surface area contributed by atoms with Crippen LogP contribution >= 0.6 is 0 Å². The number of pyridine rings is 1. The van der Waals surface area contributed by atoms with E-state index in [2.05, 4.69) is 44.8 Å². The number of nitrogens with two attached hydrogens (primary N) is 2. The molecule has 5 heterocycles. The molecular formula is C28H35N9O4. The number of nitrogens with zero attached hydrogens (tertiary/aromatic N) is 4. The molecule has 1 aromatic carbocycles. The first-order valence-electron chi connectivity index (χ1n) is 13.7. The number of carbonyl (C=O) groups excluding carboxylic acids is 2. The first-order chi connectivity index (χ1) is 19.5. The third-order valence-corrected chi connectivity index (χ3v) is 8.55. The van der Waals surface area contributed by atoms with Crippen molar-refractivity contribution in [2.24, 2.45) is 21.5 Å². The Bertz CT molecular complexity index is 1470. The molecule has 0 saturated carbocycles. The summed E-state index contributed by atoms with van der Waals surface area (Å²) in [5.74, 6) is 0.0859. The molecule has 1 aromatic heterocycles. The smallest absolute Gasteiger partial charge is 0.269 e. The van der Waals surface area contributed by atoms with E-state index in [0.717, 1.165) is 17.5 Å². The lowest BCUT2D eigenvalue weighted by atomic mass is 9.79. The molecule has 8 N–H and O–H groups in total. The molecule has 13 heteroatoms. The number of aryl methyl sites for hydroxylation is 1. The summed E-state index contributed by atoms with van der Waals surface area (Å²) in [6, 6.07) is 6.99. The SMILES string of the molecule is Cc1ccnc(C(=O)NC[C@@H]2N=C(N)N3C[C@@H](NC(=O)c4cccc5c4OCCC5(C)C)[C@@H](O)C34NC(N)=NC24)c1. The molecule has 6 rings (SSSR count). The molecule has 0 radical (unpaired) electrons. The second kappa shape index (κ2) is 9.61. The van der Waals surface area contributed by atoms with Gasteiger partial charge < -0.3 is 42.2 Å². The number of carbonyl (C=O) groups is 2. The summed E-state index contributed by atoms with van der Waals surface area (Å²) >= 11 is 0. The van der Waals surface area contributed by atoms with Gasteiger partial charge in [0.2, 0.25) is 0 Å². The van der Waals surface area contributed by atoms with Gasteiger partial charge >= 0.3 is 0 Å². The fraction of sp³-hybridized carbons (Fsp3) is 0.464. The number of aliphatic hydroxyl groups excluding tert-OH is 1. The van der Waals surface area contributed by atoms with Crippen molar-refractivity contribution < 1.29 is 19.4 Å². The van der Waals surface area contributed by atoms with Crippen LogP contribution in [0.4, 0.5) is 0 Å². The number of rotatable bonds is 5. The molecule has 216 valence electrons. The Balaban J connectivity index is 1.23. The standard InChI is InChI=1S/C28H35N9O4/c1-14-7-9-31-17(11-14)24(40)32-12-18-21-28(36-25(29)35-21)22(38)19(13-37(28)26(30)34-18)33-23(39)15-5-4-6-16-20(15)41-10-8-27(16,2)3/h4-7,9,11,18-19,21-22,38H,8,10,12-13H2,1-3H3,(H2,30,34)(H,32,40)(H,33,39)(H3,29,35,36)/t18-,19+,21?,22+,28?/m0/s1. The Morgan fingerprint density at radius 1 is 1.22 bits per heavy atom. The van der Waals surface area contributed by atoms with E-state index in [9.17, 15) is 14.7 Å². The zero-order valence-electron chi connectivity index (χ0n) is 23.2. The number of aliphatic hydroxyl groups is 1. The molecular weight excluding hydrogens is 526 g/mol. The van der Waals surface area contributed by atoms with Crippen LogP contribution in [-0.4, -0.2) is 88.3 Å². The Hall–Kier alpha value is -4.39. The average molecular weight is 562 g/mol. The van der Waals surface area contributed by atoms with Crippen molar-refractivity contribution in [3.05, 3.63) is 58.9 Å². The van der Waals surface area contributed by atoms with Crippen LogP contribution in [0.15, 0.2) is 46.5 Å². The molecule has 4 aliphatic rings. The number of ether oxygens (including phenoxy) is 1. The highest BCUT2D eigenvalue weighted by molar-refractivity contribution is 5.98. The van der Waals surface area contributed by atoms with E-state index in [1.165, 1.54) is 0 Å². The number of fused-ring (bicyclic) bond motifs is 1. The van der Waals surface area contributed by atoms with Crippen molar-refractivity contribution in [1.82, 2.24) is 25.8 Å². The van der Waals surface area contributed by atoms with E-state index in [1.807, 2.05) is 19.1 Å². The third-order valence-electron chi connectivity index (χ3n) is 8.55. The largest absolute Gasteiger partial charge is 0.492 e. The van der Waals surface area contributed by atoms with Crippen LogP contribution < -0.4 is 32.2 Å². The molecule has 2 aromatic rings. The van der Waals surface area contributed by atoms with E-state index < -0.39 is 29.9 Å². The van der Waals surface area contributed by atoms with Gasteiger partial charge in [-0.15, -0.1) is 0 Å². The van der Waals surface area contributed by atoms with Gasteiger partial charge in [-0.2, -0.15) is 0 Å². The van der Waals surface area contributed by atoms with Gasteiger partial charge in [0, 0.05) is 24.8 Å². The van der Waals surface area contributed by atoms with Crippen molar-refractivity contribution in [3.63, 3.8) is 0 Å². The monoisotopic (exact) mass is 561 g/mol. The molecule has 2 amide bonds. The molecule has 13 nitrogen and oxygen atoms in total. The minimum atomic E-state index is -1.25. The van der Waals surface area contributed by atoms with Gasteiger partial charge in [-0.05, 0) is 42.5 Å². The molecule has 41 heavy (non-hydrogen) atoms. The summed E-state index contributed by atoms with van der Waals surface area (Å²) in [4.78, 5) is 41.3. The lowest BCUT2D eigenvalue weighted by Gasteiger charge is -2.46. The van der Waals surface area contributed by atoms with Gasteiger partial charge in [0.15, 0.2) is 17.6 Å². The lowest BCUT2D eigenvalue weighted by Crippen LogP contribution is -2.73. The predicted molar refractivity (Wildman–Crippen MR) is 152 cm³/mol. The van der Waals surface area contributed by atoms with Crippen molar-refractivity contribution in [3.8, 4) is 5.75 Å². The number of hydrogen-bond donors (Lipinski definition) is 6. The van der Waals surface area contributed by atoms with E-state index in [-0.39, 0.29) is 47.9 Å². The number of nitrogens with one attached hydrogen (secondary N) is 3. The quantitative estimate of drug-likeness (QED) is 0.275. The van der Waals surface area contributed by atoms with E-state index in [1.54, 1.807) is 29.3 Å². The topological polar surface area (TPSA) is 193 Å². The first-order valence-corrected chi connectivity index (χ1v) is 13.7. The highest BCUT2D eigenvalue weighted by Gasteiger charge is 2.65. The molecule has 1 fully saturated rings. The number of para-hydroxylation sites is 1. The van der Waals surface area contributed by atoms with Crippen molar-refractivity contribution >= 4 is 23.7 Å². The van der Waals surface area contributed by atoms with Gasteiger partial charge in [-0.3, -0.25) is 14.6 Å². The van der Waals surface area contributed by atoms with Gasteiger partial charge in [-0.25, -0.2) is 9.98 Å². The first kappa shape index (κ1) is 26.8. The van der Waals surface area contributed by atoms with Crippen LogP contribution in [0.5, 0.6) is 5.75 Å². The lowest BCUT2D eigenvalue weighted by molar-refractivity contribution is 0.0143. The zero-order chi connectivity index (χ0) is 29.1. The molecule has 5 atom stereocenters. The van der Waals surface area contributed by atoms with Crippen LogP contribution in [0.25, 0.3) is 0 Å². The van der Waals surface area contributed by atoms with Gasteiger partial charge in [0.1, 0.15) is 23.6 Å². The van der Waals surface area contributed by atoms with Crippen molar-refractivity contribution in [2.45, 2.75) is 62.5 Å². The molecule has 1 saturated heterocycles. The summed E-state index contributed by atoms with van der Waals surface area (Å²) < 4.78 is 5.94. The number of aliphatic imine (C=N–C) groups is 2. The fourth-order valence-corrected chi connectivity index (χ4v) is 6.35. The summed E-state index contributed by atoms with van der Waals surface area (Å²) in [5, 5.41) is 20.7. The normalized spacial score (nSPS) is 29.1. The van der Waals surface area contributed by atoms with Gasteiger partial charge in [0.05, 0.1) is 24.3 Å². The maximum absolute atomic E-state index is 13.6. The van der Waals surface area contributed by atoms with Crippen molar-refractivity contribution in [2.75, 3.05) is 19.7 Å². The number of aromatic nitrogens is 1. The second-order valence-electron chi connectivity index (χ2n) is 11.7. The molecule has 4 aliphatic heterocycles. The van der Waals surface area contributed by atoms with Crippen LogP contribution in [0.1, 0.15) is 52.2 Å².